The van der Waals surface area contributed by atoms with E-state index in [0.29, 0.717) is 10.8 Å². The molecule has 0 aliphatic carbocycles. The van der Waals surface area contributed by atoms with Gasteiger partial charge < -0.3 is 10.1 Å². The molecule has 0 fully saturated rings. The number of carbonyl (C=O) groups excluding carboxylic acids is 1. The van der Waals surface area contributed by atoms with Crippen LogP contribution in [-0.4, -0.2) is 27.8 Å². The Morgan fingerprint density at radius 1 is 1.00 bits per heavy atom. The molecule has 6 nitrogen and oxygen atoms in total. The van der Waals surface area contributed by atoms with Gasteiger partial charge in [-0.25, -0.2) is 9.67 Å². The van der Waals surface area contributed by atoms with E-state index in [2.05, 4.69) is 15.4 Å². The van der Waals surface area contributed by atoms with Gasteiger partial charge in [-0.3, -0.25) is 4.79 Å². The van der Waals surface area contributed by atoms with Gasteiger partial charge in [0, 0.05) is 16.3 Å². The third kappa shape index (κ3) is 4.44. The van der Waals surface area contributed by atoms with E-state index in [1.165, 1.54) is 0 Å². The van der Waals surface area contributed by atoms with Crippen molar-refractivity contribution >= 4 is 23.2 Å². The standard InChI is InChI=1S/C24H21ClN4O2/c1-15-4-5-16(2)21(14-15)26-24(30)22-27-23(17-6-8-18(25)9-7-17)29(28-22)19-10-12-20(31-3)13-11-19/h4-14H,1-3H3,(H,26,30). The van der Waals surface area contributed by atoms with Crippen LogP contribution in [0.1, 0.15) is 21.7 Å². The van der Waals surface area contributed by atoms with Crippen LogP contribution in [0.4, 0.5) is 5.69 Å². The van der Waals surface area contributed by atoms with Gasteiger partial charge >= 0.3 is 0 Å². The number of hydrogen-bond donors (Lipinski definition) is 1. The smallest absolute Gasteiger partial charge is 0.295 e. The Morgan fingerprint density at radius 3 is 2.39 bits per heavy atom. The highest BCUT2D eigenvalue weighted by Gasteiger charge is 2.19. The first-order valence-electron chi connectivity index (χ1n) is 9.70. The highest BCUT2D eigenvalue weighted by atomic mass is 35.5. The van der Waals surface area contributed by atoms with E-state index in [1.807, 2.05) is 68.4 Å². The molecule has 1 heterocycles. The number of anilines is 1. The molecule has 4 rings (SSSR count). The molecule has 1 N–H and O–H groups in total. The molecule has 1 aromatic heterocycles. The summed E-state index contributed by atoms with van der Waals surface area (Å²) in [5.41, 5.74) is 4.30. The Balaban J connectivity index is 1.75. The van der Waals surface area contributed by atoms with Gasteiger partial charge in [0.2, 0.25) is 5.82 Å². The third-order valence-corrected chi connectivity index (χ3v) is 5.12. The minimum atomic E-state index is -0.379. The molecule has 0 unspecified atom stereocenters. The second-order valence-electron chi connectivity index (χ2n) is 7.15. The second kappa shape index (κ2) is 8.62. The number of ether oxygens (including phenoxy) is 1. The van der Waals surface area contributed by atoms with Crippen LogP contribution in [0.2, 0.25) is 5.02 Å². The fourth-order valence-electron chi connectivity index (χ4n) is 3.15. The molecular weight excluding hydrogens is 412 g/mol. The maximum Gasteiger partial charge on any atom is 0.295 e. The van der Waals surface area contributed by atoms with Gasteiger partial charge in [-0.05, 0) is 79.6 Å². The van der Waals surface area contributed by atoms with E-state index >= 15 is 0 Å². The number of aromatic nitrogens is 3. The highest BCUT2D eigenvalue weighted by molar-refractivity contribution is 6.30. The van der Waals surface area contributed by atoms with Gasteiger partial charge in [-0.15, -0.1) is 5.10 Å². The van der Waals surface area contributed by atoms with Gasteiger partial charge in [0.25, 0.3) is 5.91 Å². The van der Waals surface area contributed by atoms with Crippen LogP contribution in [0, 0.1) is 13.8 Å². The average Bonchev–Trinajstić information content (AvgIpc) is 3.22. The van der Waals surface area contributed by atoms with E-state index in [4.69, 9.17) is 16.3 Å². The number of aryl methyl sites for hydroxylation is 2. The lowest BCUT2D eigenvalue weighted by molar-refractivity contribution is 0.101. The van der Waals surface area contributed by atoms with Crippen LogP contribution >= 0.6 is 11.6 Å². The highest BCUT2D eigenvalue weighted by Crippen LogP contribution is 2.25. The molecule has 1 amide bonds. The normalized spacial score (nSPS) is 10.7. The monoisotopic (exact) mass is 432 g/mol. The Hall–Kier alpha value is -3.64. The number of halogens is 1. The molecule has 0 spiro atoms. The molecule has 31 heavy (non-hydrogen) atoms. The number of methoxy groups -OCH3 is 1. The minimum absolute atomic E-state index is 0.0710. The first-order chi connectivity index (χ1) is 14.9. The van der Waals surface area contributed by atoms with Crippen molar-refractivity contribution in [3.8, 4) is 22.8 Å². The lowest BCUT2D eigenvalue weighted by Gasteiger charge is -2.07. The molecule has 0 aliphatic heterocycles. The van der Waals surface area contributed by atoms with Crippen LogP contribution in [0.3, 0.4) is 0 Å². The maximum atomic E-state index is 13.0. The molecule has 0 saturated heterocycles. The van der Waals surface area contributed by atoms with Crippen molar-refractivity contribution in [3.05, 3.63) is 88.7 Å². The van der Waals surface area contributed by atoms with Crippen LogP contribution in [0.5, 0.6) is 5.75 Å². The molecule has 0 aliphatic rings. The molecule has 7 heteroatoms. The summed E-state index contributed by atoms with van der Waals surface area (Å²) in [5.74, 6) is 0.954. The van der Waals surface area contributed by atoms with Crippen LogP contribution < -0.4 is 10.1 Å². The van der Waals surface area contributed by atoms with Gasteiger partial charge in [-0.2, -0.15) is 0 Å². The van der Waals surface area contributed by atoms with E-state index in [1.54, 1.807) is 23.9 Å². The molecule has 0 saturated carbocycles. The first-order valence-corrected chi connectivity index (χ1v) is 10.1. The van der Waals surface area contributed by atoms with Gasteiger partial charge in [0.1, 0.15) is 5.75 Å². The van der Waals surface area contributed by atoms with E-state index in [-0.39, 0.29) is 11.7 Å². The zero-order valence-electron chi connectivity index (χ0n) is 17.4. The molecular formula is C24H21ClN4O2. The predicted octanol–water partition coefficient (Wildman–Crippen LogP) is 5.47. The summed E-state index contributed by atoms with van der Waals surface area (Å²) in [7, 11) is 1.61. The number of nitrogens with zero attached hydrogens (tertiary/aromatic N) is 3. The van der Waals surface area contributed by atoms with E-state index < -0.39 is 0 Å². The number of nitrogens with one attached hydrogen (secondary N) is 1. The molecule has 0 atom stereocenters. The zero-order valence-corrected chi connectivity index (χ0v) is 18.1. The number of amides is 1. The molecule has 0 bridgehead atoms. The fraction of sp³-hybridized carbons (Fsp3) is 0.125. The topological polar surface area (TPSA) is 69.0 Å². The Bertz CT molecular complexity index is 1230. The second-order valence-corrected chi connectivity index (χ2v) is 7.58. The Morgan fingerprint density at radius 2 is 1.71 bits per heavy atom. The lowest BCUT2D eigenvalue weighted by Crippen LogP contribution is -2.15. The molecule has 4 aromatic rings. The summed E-state index contributed by atoms with van der Waals surface area (Å²) in [4.78, 5) is 17.5. The summed E-state index contributed by atoms with van der Waals surface area (Å²) >= 11 is 6.04. The van der Waals surface area contributed by atoms with E-state index in [0.717, 1.165) is 33.8 Å². The van der Waals surface area contributed by atoms with Crippen LogP contribution in [0.15, 0.2) is 66.7 Å². The van der Waals surface area contributed by atoms with Crippen LogP contribution in [-0.2, 0) is 0 Å². The van der Waals surface area contributed by atoms with Crippen molar-refractivity contribution in [2.45, 2.75) is 13.8 Å². The summed E-state index contributed by atoms with van der Waals surface area (Å²) in [5, 5.41) is 8.04. The zero-order chi connectivity index (χ0) is 22.0. The van der Waals surface area contributed by atoms with Crippen molar-refractivity contribution in [3.63, 3.8) is 0 Å². The first kappa shape index (κ1) is 20.6. The third-order valence-electron chi connectivity index (χ3n) is 4.87. The van der Waals surface area contributed by atoms with Gasteiger partial charge in [-0.1, -0.05) is 23.7 Å². The summed E-state index contributed by atoms with van der Waals surface area (Å²) in [6.45, 7) is 3.92. The predicted molar refractivity (Wildman–Crippen MR) is 122 cm³/mol. The molecule has 156 valence electrons. The average molecular weight is 433 g/mol. The number of rotatable bonds is 5. The largest absolute Gasteiger partial charge is 0.497 e. The van der Waals surface area contributed by atoms with E-state index in [9.17, 15) is 4.79 Å². The summed E-state index contributed by atoms with van der Waals surface area (Å²) in [6, 6.07) is 20.5. The van der Waals surface area contributed by atoms with Crippen molar-refractivity contribution in [2.75, 3.05) is 12.4 Å². The fourth-order valence-corrected chi connectivity index (χ4v) is 3.27. The summed E-state index contributed by atoms with van der Waals surface area (Å²) < 4.78 is 6.88. The SMILES string of the molecule is COc1ccc(-n2nc(C(=O)Nc3cc(C)ccc3C)nc2-c2ccc(Cl)cc2)cc1. The summed E-state index contributed by atoms with van der Waals surface area (Å²) in [6.07, 6.45) is 0. The van der Waals surface area contributed by atoms with Crippen molar-refractivity contribution < 1.29 is 9.53 Å². The Labute approximate surface area is 185 Å². The number of benzene rings is 3. The number of hydrogen-bond acceptors (Lipinski definition) is 4. The Kier molecular flexibility index (Phi) is 5.73. The number of carbonyl (C=O) groups is 1. The van der Waals surface area contributed by atoms with Gasteiger partial charge in [0.05, 0.1) is 12.8 Å². The van der Waals surface area contributed by atoms with Gasteiger partial charge in [0.15, 0.2) is 5.82 Å². The van der Waals surface area contributed by atoms with Crippen molar-refractivity contribution in [2.24, 2.45) is 0 Å². The molecule has 0 radical (unpaired) electrons. The quantitative estimate of drug-likeness (QED) is 0.454. The van der Waals surface area contributed by atoms with Crippen LogP contribution in [0.25, 0.3) is 17.1 Å². The van der Waals surface area contributed by atoms with Crippen molar-refractivity contribution in [1.29, 1.82) is 0 Å². The molecule has 3 aromatic carbocycles. The van der Waals surface area contributed by atoms with Crippen molar-refractivity contribution in [1.82, 2.24) is 14.8 Å². The lowest BCUT2D eigenvalue weighted by atomic mass is 10.1. The minimum Gasteiger partial charge on any atom is -0.497 e. The maximum absolute atomic E-state index is 13.0.